The molecule has 2 heterocycles. The maximum atomic E-state index is 12.0. The minimum atomic E-state index is -0.207. The molecule has 17 heavy (non-hydrogen) atoms. The van der Waals surface area contributed by atoms with Gasteiger partial charge in [-0.15, -0.1) is 11.3 Å². The normalized spacial score (nSPS) is 10.8. The van der Waals surface area contributed by atoms with Crippen molar-refractivity contribution < 1.29 is 4.79 Å². The van der Waals surface area contributed by atoms with Crippen molar-refractivity contribution >= 4 is 51.7 Å². The van der Waals surface area contributed by atoms with Gasteiger partial charge in [0.05, 0.1) is 16.4 Å². The van der Waals surface area contributed by atoms with Gasteiger partial charge in [0, 0.05) is 11.1 Å². The van der Waals surface area contributed by atoms with Crippen LogP contribution in [-0.2, 0) is 6.54 Å². The molecule has 0 saturated heterocycles. The molecule has 90 valence electrons. The number of rotatable bonds is 3. The summed E-state index contributed by atoms with van der Waals surface area (Å²) in [6.07, 6.45) is 0. The van der Waals surface area contributed by atoms with Gasteiger partial charge in [0.1, 0.15) is 4.34 Å². The Morgan fingerprint density at radius 2 is 2.18 bits per heavy atom. The van der Waals surface area contributed by atoms with E-state index in [1.54, 1.807) is 12.3 Å². The molecule has 0 atom stereocenters. The van der Waals surface area contributed by atoms with Crippen LogP contribution in [0.2, 0.25) is 8.67 Å². The van der Waals surface area contributed by atoms with E-state index >= 15 is 0 Å². The Morgan fingerprint density at radius 1 is 1.47 bits per heavy atom. The highest BCUT2D eigenvalue weighted by Crippen LogP contribution is 2.31. The van der Waals surface area contributed by atoms with E-state index in [1.165, 1.54) is 10.6 Å². The Labute approximate surface area is 115 Å². The quantitative estimate of drug-likeness (QED) is 0.814. The van der Waals surface area contributed by atoms with Crippen LogP contribution in [0.15, 0.2) is 16.2 Å². The minimum absolute atomic E-state index is 0.000941. The molecule has 0 N–H and O–H groups in total. The zero-order chi connectivity index (χ0) is 12.6. The van der Waals surface area contributed by atoms with Crippen molar-refractivity contribution in [2.24, 2.45) is 0 Å². The van der Waals surface area contributed by atoms with Crippen LogP contribution in [0.5, 0.6) is 0 Å². The molecule has 3 nitrogen and oxygen atoms in total. The van der Waals surface area contributed by atoms with E-state index in [9.17, 15) is 9.59 Å². The van der Waals surface area contributed by atoms with Crippen LogP contribution in [0.25, 0.3) is 0 Å². The van der Waals surface area contributed by atoms with Gasteiger partial charge in [-0.3, -0.25) is 14.2 Å². The number of carbonyl (C=O) groups excluding carboxylic acids is 1. The summed E-state index contributed by atoms with van der Waals surface area (Å²) in [7, 11) is 0. The smallest absolute Gasteiger partial charge is 0.296 e. The van der Waals surface area contributed by atoms with Gasteiger partial charge in [0.25, 0.3) is 0 Å². The van der Waals surface area contributed by atoms with Crippen LogP contribution in [0.1, 0.15) is 16.1 Å². The second-order valence-electron chi connectivity index (χ2n) is 3.39. The van der Waals surface area contributed by atoms with E-state index in [0.29, 0.717) is 14.2 Å². The Hall–Kier alpha value is -0.620. The fraction of sp³-hybridized carbons (Fsp3) is 0.200. The van der Waals surface area contributed by atoms with Crippen LogP contribution in [0.3, 0.4) is 0 Å². The summed E-state index contributed by atoms with van der Waals surface area (Å²) in [6.45, 7) is 1.79. The number of thiazole rings is 1. The Bertz CT molecular complexity index is 627. The third-order valence-electron chi connectivity index (χ3n) is 2.24. The molecule has 0 unspecified atom stereocenters. The van der Waals surface area contributed by atoms with Crippen molar-refractivity contribution in [3.63, 3.8) is 0 Å². The molecule has 0 aromatic carbocycles. The Balaban J connectivity index is 2.29. The van der Waals surface area contributed by atoms with Crippen molar-refractivity contribution in [2.75, 3.05) is 0 Å². The molecule has 0 bridgehead atoms. The summed E-state index contributed by atoms with van der Waals surface area (Å²) < 4.78 is 2.25. The fourth-order valence-electron chi connectivity index (χ4n) is 1.36. The number of thiophene rings is 1. The molecular weight excluding hydrogens is 301 g/mol. The highest BCUT2D eigenvalue weighted by molar-refractivity contribution is 7.20. The number of hydrogen-bond acceptors (Lipinski definition) is 4. The maximum Gasteiger partial charge on any atom is 0.307 e. The van der Waals surface area contributed by atoms with Crippen molar-refractivity contribution in [3.8, 4) is 0 Å². The second-order valence-corrected chi connectivity index (χ2v) is 6.50. The average molecular weight is 308 g/mol. The zero-order valence-electron chi connectivity index (χ0n) is 8.70. The van der Waals surface area contributed by atoms with Crippen LogP contribution in [-0.4, -0.2) is 10.4 Å². The third kappa shape index (κ3) is 2.63. The molecule has 2 rings (SSSR count). The van der Waals surface area contributed by atoms with E-state index in [4.69, 9.17) is 23.2 Å². The van der Waals surface area contributed by atoms with Crippen molar-refractivity contribution in [1.29, 1.82) is 0 Å². The van der Waals surface area contributed by atoms with E-state index in [1.807, 2.05) is 0 Å². The van der Waals surface area contributed by atoms with Gasteiger partial charge >= 0.3 is 4.87 Å². The molecular formula is C10H7Cl2NO2S2. The Kier molecular flexibility index (Phi) is 3.73. The number of ketones is 1. The predicted octanol–water partition coefficient (Wildman–Crippen LogP) is 3.47. The van der Waals surface area contributed by atoms with Crippen LogP contribution >= 0.6 is 45.9 Å². The predicted molar refractivity (Wildman–Crippen MR) is 72.0 cm³/mol. The molecule has 0 aliphatic heterocycles. The number of nitrogens with zero attached hydrogens (tertiary/aromatic N) is 1. The zero-order valence-corrected chi connectivity index (χ0v) is 11.8. The number of halogens is 2. The SMILES string of the molecule is Cc1csc(=O)n1CC(=O)c1cc(Cl)sc1Cl. The lowest BCUT2D eigenvalue weighted by Crippen LogP contribution is -2.20. The van der Waals surface area contributed by atoms with Crippen LogP contribution in [0.4, 0.5) is 0 Å². The molecule has 2 aromatic heterocycles. The largest absolute Gasteiger partial charge is 0.307 e. The van der Waals surface area contributed by atoms with Crippen molar-refractivity contribution in [1.82, 2.24) is 4.57 Å². The summed E-state index contributed by atoms with van der Waals surface area (Å²) in [5, 5.41) is 1.72. The first-order chi connectivity index (χ1) is 7.99. The third-order valence-corrected chi connectivity index (χ3v) is 4.60. The molecule has 0 fully saturated rings. The van der Waals surface area contributed by atoms with Crippen LogP contribution in [0, 0.1) is 6.92 Å². The molecule has 7 heteroatoms. The first kappa shape index (κ1) is 12.8. The lowest BCUT2D eigenvalue weighted by atomic mass is 10.2. The van der Waals surface area contributed by atoms with E-state index in [0.717, 1.165) is 28.4 Å². The summed E-state index contributed by atoms with van der Waals surface area (Å²) in [5.41, 5.74) is 1.14. The summed E-state index contributed by atoms with van der Waals surface area (Å²) in [6, 6.07) is 1.53. The number of aromatic nitrogens is 1. The van der Waals surface area contributed by atoms with Gasteiger partial charge in [0.15, 0.2) is 5.78 Å². The highest BCUT2D eigenvalue weighted by atomic mass is 35.5. The van der Waals surface area contributed by atoms with Gasteiger partial charge in [-0.2, -0.15) is 0 Å². The van der Waals surface area contributed by atoms with Gasteiger partial charge in [-0.25, -0.2) is 0 Å². The summed E-state index contributed by atoms with van der Waals surface area (Å²) >= 11 is 13.9. The lowest BCUT2D eigenvalue weighted by Gasteiger charge is -2.02. The second kappa shape index (κ2) is 4.94. The molecule has 0 aliphatic carbocycles. The topological polar surface area (TPSA) is 39.1 Å². The summed E-state index contributed by atoms with van der Waals surface area (Å²) in [4.78, 5) is 23.3. The van der Waals surface area contributed by atoms with E-state index < -0.39 is 0 Å². The van der Waals surface area contributed by atoms with Gasteiger partial charge < -0.3 is 0 Å². The average Bonchev–Trinajstić information content (AvgIpc) is 2.74. The standard InChI is InChI=1S/C10H7Cl2NO2S2/c1-5-4-16-10(15)13(5)3-7(14)6-2-8(11)17-9(6)12/h2,4H,3H2,1H3. The first-order valence-electron chi connectivity index (χ1n) is 4.62. The van der Waals surface area contributed by atoms with E-state index in [2.05, 4.69) is 0 Å². The molecule has 0 aliphatic rings. The first-order valence-corrected chi connectivity index (χ1v) is 7.07. The van der Waals surface area contributed by atoms with Crippen LogP contribution < -0.4 is 4.87 Å². The highest BCUT2D eigenvalue weighted by Gasteiger charge is 2.16. The minimum Gasteiger partial charge on any atom is -0.296 e. The molecule has 0 saturated carbocycles. The molecule has 0 amide bonds. The number of aryl methyl sites for hydroxylation is 1. The fourth-order valence-corrected chi connectivity index (χ4v) is 3.59. The van der Waals surface area contributed by atoms with Crippen molar-refractivity contribution in [2.45, 2.75) is 13.5 Å². The van der Waals surface area contributed by atoms with E-state index in [-0.39, 0.29) is 17.2 Å². The number of hydrogen-bond donors (Lipinski definition) is 0. The van der Waals surface area contributed by atoms with Crippen molar-refractivity contribution in [3.05, 3.63) is 41.0 Å². The number of Topliss-reactive ketones (excluding diaryl/α,β-unsaturated/α-hetero) is 1. The summed E-state index contributed by atoms with van der Waals surface area (Å²) in [5.74, 6) is -0.207. The Morgan fingerprint density at radius 3 is 2.65 bits per heavy atom. The maximum absolute atomic E-state index is 12.0. The molecule has 0 radical (unpaired) electrons. The van der Waals surface area contributed by atoms with Gasteiger partial charge in [0.2, 0.25) is 0 Å². The monoisotopic (exact) mass is 307 g/mol. The lowest BCUT2D eigenvalue weighted by molar-refractivity contribution is 0.0971. The number of carbonyl (C=O) groups is 1. The molecule has 0 spiro atoms. The van der Waals surface area contributed by atoms with Gasteiger partial charge in [-0.1, -0.05) is 34.5 Å². The molecule has 2 aromatic rings. The van der Waals surface area contributed by atoms with Gasteiger partial charge in [-0.05, 0) is 13.0 Å².